The van der Waals surface area contributed by atoms with Crippen LogP contribution >= 0.6 is 11.3 Å². The van der Waals surface area contributed by atoms with Crippen LogP contribution < -0.4 is 5.73 Å². The molecule has 5 nitrogen and oxygen atoms in total. The number of rotatable bonds is 5. The number of urea groups is 1. The average Bonchev–Trinajstić information content (AvgIpc) is 2.94. The van der Waals surface area contributed by atoms with E-state index in [1.807, 2.05) is 0 Å². The van der Waals surface area contributed by atoms with Crippen molar-refractivity contribution in [1.29, 1.82) is 0 Å². The first-order valence-corrected chi connectivity index (χ1v) is 7.42. The predicted molar refractivity (Wildman–Crippen MR) is 83.0 cm³/mol. The van der Waals surface area contributed by atoms with E-state index in [-0.39, 0.29) is 5.82 Å². The molecule has 1 heterocycles. The third-order valence-electron chi connectivity index (χ3n) is 2.99. The molecule has 2 aromatic rings. The SMILES string of the molecule is C[C@H](/C=C/c1ncc(Cc2ccc(F)cc2)s1)N(O)C(N)=O. The maximum atomic E-state index is 12.9. The van der Waals surface area contributed by atoms with Crippen molar-refractivity contribution in [3.05, 3.63) is 57.8 Å². The topological polar surface area (TPSA) is 79.4 Å². The second-order valence-electron chi connectivity index (χ2n) is 4.75. The van der Waals surface area contributed by atoms with Crippen molar-refractivity contribution in [2.45, 2.75) is 19.4 Å². The molecule has 1 atom stereocenters. The highest BCUT2D eigenvalue weighted by atomic mass is 32.1. The first-order chi connectivity index (χ1) is 10.5. The maximum absolute atomic E-state index is 12.9. The summed E-state index contributed by atoms with van der Waals surface area (Å²) in [7, 11) is 0. The minimum atomic E-state index is -0.909. The van der Waals surface area contributed by atoms with Crippen molar-refractivity contribution in [2.24, 2.45) is 5.73 Å². The molecule has 0 bridgehead atoms. The Morgan fingerprint density at radius 1 is 1.50 bits per heavy atom. The molecule has 1 aromatic heterocycles. The Balaban J connectivity index is 1.99. The Morgan fingerprint density at radius 2 is 2.18 bits per heavy atom. The minimum absolute atomic E-state index is 0.256. The first-order valence-electron chi connectivity index (χ1n) is 6.60. The summed E-state index contributed by atoms with van der Waals surface area (Å²) in [5.41, 5.74) is 5.97. The Morgan fingerprint density at radius 3 is 2.82 bits per heavy atom. The number of amides is 2. The summed E-state index contributed by atoms with van der Waals surface area (Å²) < 4.78 is 12.9. The molecule has 2 rings (SSSR count). The van der Waals surface area contributed by atoms with Crippen LogP contribution in [0.25, 0.3) is 6.08 Å². The van der Waals surface area contributed by atoms with Gasteiger partial charge in [0.25, 0.3) is 0 Å². The molecule has 7 heteroatoms. The van der Waals surface area contributed by atoms with Gasteiger partial charge in [0, 0.05) is 17.5 Å². The highest BCUT2D eigenvalue weighted by Gasteiger charge is 2.11. The second kappa shape index (κ2) is 7.15. The number of aromatic nitrogens is 1. The zero-order chi connectivity index (χ0) is 16.1. The Kier molecular flexibility index (Phi) is 5.24. The maximum Gasteiger partial charge on any atom is 0.339 e. The van der Waals surface area contributed by atoms with Crippen LogP contribution in [-0.2, 0) is 6.42 Å². The number of benzene rings is 1. The fourth-order valence-electron chi connectivity index (χ4n) is 1.79. The summed E-state index contributed by atoms with van der Waals surface area (Å²) >= 11 is 1.49. The second-order valence-corrected chi connectivity index (χ2v) is 5.90. The Hall–Kier alpha value is -2.25. The predicted octanol–water partition coefficient (Wildman–Crippen LogP) is 3.04. The molecule has 1 aromatic carbocycles. The van der Waals surface area contributed by atoms with Crippen molar-refractivity contribution in [3.63, 3.8) is 0 Å². The molecule has 0 unspecified atom stereocenters. The van der Waals surface area contributed by atoms with E-state index in [0.717, 1.165) is 15.4 Å². The lowest BCUT2D eigenvalue weighted by atomic mass is 10.1. The van der Waals surface area contributed by atoms with Crippen molar-refractivity contribution < 1.29 is 14.4 Å². The summed E-state index contributed by atoms with van der Waals surface area (Å²) in [6.45, 7) is 1.63. The summed E-state index contributed by atoms with van der Waals surface area (Å²) in [6, 6.07) is 4.89. The van der Waals surface area contributed by atoms with Crippen LogP contribution in [0.4, 0.5) is 9.18 Å². The van der Waals surface area contributed by atoms with E-state index in [9.17, 15) is 14.4 Å². The minimum Gasteiger partial charge on any atom is -0.350 e. The van der Waals surface area contributed by atoms with Crippen LogP contribution in [0.2, 0.25) is 0 Å². The Bertz CT molecular complexity index is 670. The van der Waals surface area contributed by atoms with Gasteiger partial charge in [-0.25, -0.2) is 14.2 Å². The molecule has 0 saturated carbocycles. The number of carbonyl (C=O) groups excluding carboxylic acids is 1. The number of halogens is 1. The molecule has 22 heavy (non-hydrogen) atoms. The average molecular weight is 321 g/mol. The number of thiazole rings is 1. The Labute approximate surface area is 131 Å². The van der Waals surface area contributed by atoms with Crippen molar-refractivity contribution in [3.8, 4) is 0 Å². The van der Waals surface area contributed by atoms with Crippen molar-refractivity contribution in [1.82, 2.24) is 10.0 Å². The number of primary amides is 1. The largest absolute Gasteiger partial charge is 0.350 e. The van der Waals surface area contributed by atoms with Gasteiger partial charge < -0.3 is 5.73 Å². The summed E-state index contributed by atoms with van der Waals surface area (Å²) in [5.74, 6) is -0.256. The van der Waals surface area contributed by atoms with E-state index in [1.54, 1.807) is 37.4 Å². The highest BCUT2D eigenvalue weighted by Crippen LogP contribution is 2.19. The highest BCUT2D eigenvalue weighted by molar-refractivity contribution is 7.12. The summed E-state index contributed by atoms with van der Waals surface area (Å²) in [6.07, 6.45) is 5.78. The molecule has 0 saturated heterocycles. The number of hydrogen-bond donors (Lipinski definition) is 2. The molecule has 0 spiro atoms. The quantitative estimate of drug-likeness (QED) is 0.656. The summed E-state index contributed by atoms with van der Waals surface area (Å²) in [4.78, 5) is 16.1. The molecule has 0 radical (unpaired) electrons. The van der Waals surface area contributed by atoms with Crippen LogP contribution in [0.5, 0.6) is 0 Å². The van der Waals surface area contributed by atoms with Gasteiger partial charge in [-0.1, -0.05) is 18.2 Å². The van der Waals surface area contributed by atoms with Crippen molar-refractivity contribution >= 4 is 23.4 Å². The monoisotopic (exact) mass is 321 g/mol. The van der Waals surface area contributed by atoms with Gasteiger partial charge in [-0.3, -0.25) is 5.21 Å². The van der Waals surface area contributed by atoms with Crippen LogP contribution in [0.15, 0.2) is 36.5 Å². The number of nitrogens with two attached hydrogens (primary N) is 1. The van der Waals surface area contributed by atoms with Gasteiger partial charge in [0.2, 0.25) is 0 Å². The molecule has 2 amide bonds. The van der Waals surface area contributed by atoms with E-state index in [2.05, 4.69) is 4.98 Å². The fraction of sp³-hybridized carbons (Fsp3) is 0.200. The van der Waals surface area contributed by atoms with Gasteiger partial charge >= 0.3 is 6.03 Å². The van der Waals surface area contributed by atoms with Gasteiger partial charge in [0.15, 0.2) is 0 Å². The van der Waals surface area contributed by atoms with Crippen LogP contribution in [0, 0.1) is 5.82 Å². The fourth-order valence-corrected chi connectivity index (χ4v) is 2.65. The molecular formula is C15H16FN3O2S. The zero-order valence-electron chi connectivity index (χ0n) is 11.9. The smallest absolute Gasteiger partial charge is 0.339 e. The molecule has 0 aliphatic rings. The van der Waals surface area contributed by atoms with Gasteiger partial charge in [-0.15, -0.1) is 11.3 Å². The normalized spacial score (nSPS) is 12.5. The lowest BCUT2D eigenvalue weighted by molar-refractivity contribution is -0.0560. The molecular weight excluding hydrogens is 305 g/mol. The molecule has 0 aliphatic carbocycles. The van der Waals surface area contributed by atoms with Crippen LogP contribution in [0.1, 0.15) is 22.4 Å². The van der Waals surface area contributed by atoms with Gasteiger partial charge in [-0.05, 0) is 30.7 Å². The lowest BCUT2D eigenvalue weighted by Crippen LogP contribution is -2.38. The van der Waals surface area contributed by atoms with E-state index >= 15 is 0 Å². The van der Waals surface area contributed by atoms with E-state index in [4.69, 9.17) is 5.73 Å². The van der Waals surface area contributed by atoms with Crippen molar-refractivity contribution in [2.75, 3.05) is 0 Å². The number of nitrogens with zero attached hydrogens (tertiary/aromatic N) is 2. The molecule has 116 valence electrons. The first kappa shape index (κ1) is 16.1. The van der Waals surface area contributed by atoms with Crippen LogP contribution in [-0.4, -0.2) is 27.3 Å². The number of hydrogen-bond acceptors (Lipinski definition) is 4. The van der Waals surface area contributed by atoms with E-state index in [1.165, 1.54) is 23.5 Å². The third-order valence-corrected chi connectivity index (χ3v) is 3.95. The third kappa shape index (κ3) is 4.37. The summed E-state index contributed by atoms with van der Waals surface area (Å²) in [5, 5.41) is 10.6. The van der Waals surface area contributed by atoms with E-state index in [0.29, 0.717) is 11.5 Å². The molecule has 0 fully saturated rings. The lowest BCUT2D eigenvalue weighted by Gasteiger charge is -2.16. The van der Waals surface area contributed by atoms with Gasteiger partial charge in [-0.2, -0.15) is 5.06 Å². The number of hydroxylamine groups is 2. The molecule has 0 aliphatic heterocycles. The van der Waals surface area contributed by atoms with Crippen LogP contribution in [0.3, 0.4) is 0 Å². The van der Waals surface area contributed by atoms with E-state index < -0.39 is 12.1 Å². The zero-order valence-corrected chi connectivity index (χ0v) is 12.8. The standard InChI is InChI=1S/C15H16FN3O2S/c1-10(19(21)15(17)20)2-7-14-18-9-13(22-14)8-11-3-5-12(16)6-4-11/h2-7,9-10,21H,8H2,1H3,(H2,17,20)/b7-2+/t10-/m1/s1. The number of carbonyl (C=O) groups is 1. The van der Waals surface area contributed by atoms with Gasteiger partial charge in [0.1, 0.15) is 10.8 Å². The van der Waals surface area contributed by atoms with Gasteiger partial charge in [0.05, 0.1) is 6.04 Å². The molecule has 3 N–H and O–H groups in total.